The van der Waals surface area contributed by atoms with Crippen LogP contribution in [0.1, 0.15) is 26.7 Å². The summed E-state index contributed by atoms with van der Waals surface area (Å²) in [5, 5.41) is 17.5. The monoisotopic (exact) mass is 220 g/mol. The van der Waals surface area contributed by atoms with Gasteiger partial charge in [0.25, 0.3) is 0 Å². The molecule has 0 aromatic carbocycles. The molecule has 0 bridgehead atoms. The van der Waals surface area contributed by atoms with Crippen LogP contribution >= 0.6 is 0 Å². The maximum atomic E-state index is 7.70. The largest absolute Gasteiger partial charge is 0.384 e. The van der Waals surface area contributed by atoms with Gasteiger partial charge in [-0.2, -0.15) is 0 Å². The molecule has 4 nitrogen and oxygen atoms in total. The molecule has 2 rings (SSSR count). The van der Waals surface area contributed by atoms with Crippen LogP contribution in [0.4, 0.5) is 0 Å². The zero-order valence-electron chi connectivity index (χ0n) is 9.93. The molecule has 0 saturated carbocycles. The van der Waals surface area contributed by atoms with Gasteiger partial charge in [-0.05, 0) is 32.8 Å². The van der Waals surface area contributed by atoms with Crippen LogP contribution in [0.5, 0.6) is 0 Å². The minimum absolute atomic E-state index is 0.488. The maximum Gasteiger partial charge on any atom is 0.131 e. The van der Waals surface area contributed by atoms with Crippen molar-refractivity contribution in [1.29, 1.82) is 5.41 Å². The van der Waals surface area contributed by atoms with Gasteiger partial charge >= 0.3 is 0 Å². The van der Waals surface area contributed by atoms with Gasteiger partial charge in [0.05, 0.1) is 0 Å². The molecule has 2 atom stereocenters. The van der Waals surface area contributed by atoms with Gasteiger partial charge in [0.1, 0.15) is 5.84 Å². The quantitative estimate of drug-likeness (QED) is 0.563. The molecular weight excluding hydrogens is 200 g/mol. The molecule has 0 spiro atoms. The predicted octanol–water partition coefficient (Wildman–Crippen LogP) is 1.08. The number of rotatable bonds is 2. The number of piperidine rings is 1. The van der Waals surface area contributed by atoms with Crippen LogP contribution < -0.4 is 16.0 Å². The Balaban J connectivity index is 1.94. The van der Waals surface area contributed by atoms with E-state index in [-0.39, 0.29) is 0 Å². The van der Waals surface area contributed by atoms with Gasteiger partial charge in [-0.25, -0.2) is 0 Å². The van der Waals surface area contributed by atoms with Crippen molar-refractivity contribution >= 4 is 5.84 Å². The fourth-order valence-corrected chi connectivity index (χ4v) is 2.19. The van der Waals surface area contributed by atoms with Crippen LogP contribution in [-0.2, 0) is 0 Å². The van der Waals surface area contributed by atoms with Crippen molar-refractivity contribution in [2.75, 3.05) is 6.54 Å². The molecule has 4 N–H and O–H groups in total. The smallest absolute Gasteiger partial charge is 0.131 e. The van der Waals surface area contributed by atoms with Gasteiger partial charge in [-0.15, -0.1) is 0 Å². The van der Waals surface area contributed by atoms with Crippen molar-refractivity contribution < 1.29 is 0 Å². The third-order valence-corrected chi connectivity index (χ3v) is 3.23. The zero-order valence-corrected chi connectivity index (χ0v) is 9.93. The third kappa shape index (κ3) is 2.44. The van der Waals surface area contributed by atoms with Crippen molar-refractivity contribution in [3.63, 3.8) is 0 Å². The second-order valence-electron chi connectivity index (χ2n) is 4.62. The minimum Gasteiger partial charge on any atom is -0.384 e. The van der Waals surface area contributed by atoms with Crippen LogP contribution in [0.3, 0.4) is 0 Å². The second kappa shape index (κ2) is 4.70. The molecule has 16 heavy (non-hydrogen) atoms. The van der Waals surface area contributed by atoms with E-state index in [2.05, 4.69) is 22.9 Å². The summed E-state index contributed by atoms with van der Waals surface area (Å²) in [4.78, 5) is 0. The van der Waals surface area contributed by atoms with Crippen molar-refractivity contribution in [3.8, 4) is 0 Å². The van der Waals surface area contributed by atoms with E-state index in [0.29, 0.717) is 17.9 Å². The Bertz CT molecular complexity index is 335. The fraction of sp³-hybridized carbons (Fsp3) is 0.583. The lowest BCUT2D eigenvalue weighted by Gasteiger charge is -2.29. The number of hydrogen-bond acceptors (Lipinski definition) is 3. The summed E-state index contributed by atoms with van der Waals surface area (Å²) in [6.45, 7) is 5.27. The summed E-state index contributed by atoms with van der Waals surface area (Å²) in [5.74, 6) is 0.488. The Morgan fingerprint density at radius 1 is 1.50 bits per heavy atom. The molecule has 0 radical (unpaired) electrons. The maximum absolute atomic E-state index is 7.70. The highest BCUT2D eigenvalue weighted by atomic mass is 15.0. The molecule has 2 aliphatic heterocycles. The first-order chi connectivity index (χ1) is 7.66. The van der Waals surface area contributed by atoms with Crippen LogP contribution in [-0.4, -0.2) is 24.5 Å². The van der Waals surface area contributed by atoms with Crippen LogP contribution in [0.25, 0.3) is 0 Å². The average molecular weight is 220 g/mol. The van der Waals surface area contributed by atoms with Crippen LogP contribution in [0.2, 0.25) is 0 Å². The van der Waals surface area contributed by atoms with Crippen molar-refractivity contribution in [2.45, 2.75) is 38.8 Å². The number of nitrogens with one attached hydrogen (secondary N) is 4. The Kier molecular flexibility index (Phi) is 3.29. The molecule has 0 unspecified atom stereocenters. The molecule has 4 heteroatoms. The number of allylic oxidation sites excluding steroid dienone is 1. The molecule has 0 aromatic rings. The zero-order chi connectivity index (χ0) is 11.5. The highest BCUT2D eigenvalue weighted by Gasteiger charge is 2.18. The summed E-state index contributed by atoms with van der Waals surface area (Å²) in [6, 6.07) is 1.13. The van der Waals surface area contributed by atoms with Crippen molar-refractivity contribution in [2.24, 2.45) is 0 Å². The first-order valence-corrected chi connectivity index (χ1v) is 5.89. The Labute approximate surface area is 96.7 Å². The van der Waals surface area contributed by atoms with Gasteiger partial charge in [0.2, 0.25) is 0 Å². The van der Waals surface area contributed by atoms with E-state index < -0.39 is 0 Å². The van der Waals surface area contributed by atoms with Crippen LogP contribution in [0.15, 0.2) is 23.5 Å². The highest BCUT2D eigenvalue weighted by Crippen LogP contribution is 2.13. The molecule has 1 fully saturated rings. The van der Waals surface area contributed by atoms with E-state index in [4.69, 9.17) is 5.41 Å². The second-order valence-corrected chi connectivity index (χ2v) is 4.62. The van der Waals surface area contributed by atoms with E-state index >= 15 is 0 Å². The summed E-state index contributed by atoms with van der Waals surface area (Å²) in [6.07, 6.45) is 6.17. The average Bonchev–Trinajstić information content (AvgIpc) is 2.68. The third-order valence-electron chi connectivity index (χ3n) is 3.23. The van der Waals surface area contributed by atoms with Crippen molar-refractivity contribution in [3.05, 3.63) is 23.5 Å². The summed E-state index contributed by atoms with van der Waals surface area (Å²) < 4.78 is 0. The first-order valence-electron chi connectivity index (χ1n) is 5.89. The van der Waals surface area contributed by atoms with E-state index in [1.165, 1.54) is 12.8 Å². The molecule has 88 valence electrons. The molecule has 1 saturated heterocycles. The SMILES string of the molecule is C/C(N[C@@H]1CC[C@H](C)NC1)=C1/C=CNC1=N. The van der Waals surface area contributed by atoms with E-state index in [1.54, 1.807) is 0 Å². The van der Waals surface area contributed by atoms with E-state index in [9.17, 15) is 0 Å². The van der Waals surface area contributed by atoms with Crippen LogP contribution in [0, 0.1) is 5.41 Å². The van der Waals surface area contributed by atoms with Gasteiger partial charge in [0, 0.05) is 36.1 Å². The van der Waals surface area contributed by atoms with Gasteiger partial charge < -0.3 is 16.0 Å². The van der Waals surface area contributed by atoms with Gasteiger partial charge in [-0.1, -0.05) is 0 Å². The van der Waals surface area contributed by atoms with E-state index in [0.717, 1.165) is 17.8 Å². The lowest BCUT2D eigenvalue weighted by molar-refractivity contribution is 0.354. The molecule has 0 aromatic heterocycles. The lowest BCUT2D eigenvalue weighted by Crippen LogP contribution is -2.46. The number of amidine groups is 1. The lowest BCUT2D eigenvalue weighted by atomic mass is 10.0. The molecule has 2 aliphatic rings. The fourth-order valence-electron chi connectivity index (χ4n) is 2.19. The predicted molar refractivity (Wildman–Crippen MR) is 66.3 cm³/mol. The topological polar surface area (TPSA) is 59.9 Å². The minimum atomic E-state index is 0.488. The summed E-state index contributed by atoms with van der Waals surface area (Å²) >= 11 is 0. The Morgan fingerprint density at radius 2 is 2.31 bits per heavy atom. The highest BCUT2D eigenvalue weighted by molar-refractivity contribution is 6.02. The van der Waals surface area contributed by atoms with E-state index in [1.807, 2.05) is 19.2 Å². The molecule has 2 heterocycles. The molecule has 0 amide bonds. The summed E-state index contributed by atoms with van der Waals surface area (Å²) in [7, 11) is 0. The van der Waals surface area contributed by atoms with Gasteiger partial charge in [0.15, 0.2) is 0 Å². The normalized spacial score (nSPS) is 32.5. The summed E-state index contributed by atoms with van der Waals surface area (Å²) in [5.41, 5.74) is 2.06. The Hall–Kier alpha value is -1.29. The molecule has 0 aliphatic carbocycles. The first kappa shape index (κ1) is 11.2. The standard InChI is InChI=1S/C12H20N4/c1-8-3-4-10(7-15-8)16-9(2)11-5-6-14-12(11)13/h5-6,8,10,15-16H,3-4,7H2,1-2H3,(H2,13,14)/b11-9+/t8-,10+/m0/s1. The Morgan fingerprint density at radius 3 is 2.88 bits per heavy atom. The number of hydrogen-bond donors (Lipinski definition) is 4. The molecular formula is C12H20N4. The van der Waals surface area contributed by atoms with Gasteiger partial charge in [-0.3, -0.25) is 5.41 Å². The van der Waals surface area contributed by atoms with Crippen molar-refractivity contribution in [1.82, 2.24) is 16.0 Å².